The van der Waals surface area contributed by atoms with Gasteiger partial charge in [-0.05, 0) is 34.9 Å². The van der Waals surface area contributed by atoms with E-state index in [1.54, 1.807) is 12.2 Å². The number of halogens is 3. The van der Waals surface area contributed by atoms with Gasteiger partial charge < -0.3 is 5.11 Å². The first-order valence-electron chi connectivity index (χ1n) is 7.23. The van der Waals surface area contributed by atoms with Gasteiger partial charge in [-0.2, -0.15) is 0 Å². The summed E-state index contributed by atoms with van der Waals surface area (Å²) in [5, 5.41) is 11.6. The fourth-order valence-corrected chi connectivity index (χ4v) is 3.28. The van der Waals surface area contributed by atoms with E-state index in [1.165, 1.54) is 0 Å². The number of allylic oxidation sites excluding steroid dienone is 2. The van der Waals surface area contributed by atoms with Crippen LogP contribution in [-0.4, -0.2) is 9.44 Å². The predicted molar refractivity (Wildman–Crippen MR) is 99.9 cm³/mol. The summed E-state index contributed by atoms with van der Waals surface area (Å²) in [6.07, 6.45) is 5.87. The molecule has 118 valence electrons. The Labute approximate surface area is 154 Å². The summed E-state index contributed by atoms with van der Waals surface area (Å²) in [7, 11) is 0. The zero-order chi connectivity index (χ0) is 16.5. The molecule has 3 rings (SSSR count). The number of hydrogen-bond donors (Lipinski definition) is 1. The summed E-state index contributed by atoms with van der Waals surface area (Å²) in [4.78, 5) is 0. The number of benzene rings is 2. The van der Waals surface area contributed by atoms with Gasteiger partial charge in [-0.1, -0.05) is 93.7 Å². The van der Waals surface area contributed by atoms with Crippen molar-refractivity contribution in [2.75, 3.05) is 0 Å². The van der Waals surface area contributed by atoms with Crippen molar-refractivity contribution in [2.45, 2.75) is 16.4 Å². The highest BCUT2D eigenvalue weighted by Crippen LogP contribution is 2.42. The molecule has 1 unspecified atom stereocenters. The molecule has 0 radical (unpaired) electrons. The SMILES string of the molecule is OC(C1=CCC(Cl)(Cl)C=C1)(c1ccccc1)c1ccc(Br)cc1. The first-order valence-corrected chi connectivity index (χ1v) is 8.78. The molecular weight excluding hydrogens is 395 g/mol. The van der Waals surface area contributed by atoms with E-state index in [4.69, 9.17) is 23.2 Å². The Balaban J connectivity index is 2.14. The summed E-state index contributed by atoms with van der Waals surface area (Å²) in [5.74, 6) is 0. The lowest BCUT2D eigenvalue weighted by atomic mass is 9.78. The van der Waals surface area contributed by atoms with Crippen LogP contribution in [0.5, 0.6) is 0 Å². The van der Waals surface area contributed by atoms with Crippen molar-refractivity contribution in [1.29, 1.82) is 0 Å². The molecular formula is C19H15BrCl2O. The van der Waals surface area contributed by atoms with Crippen LogP contribution in [0.3, 0.4) is 0 Å². The molecule has 4 heteroatoms. The minimum Gasteiger partial charge on any atom is -0.376 e. The molecule has 2 aromatic carbocycles. The van der Waals surface area contributed by atoms with E-state index >= 15 is 0 Å². The summed E-state index contributed by atoms with van der Waals surface area (Å²) in [5.41, 5.74) is 1.11. The maximum Gasteiger partial charge on any atom is 0.140 e. The average Bonchev–Trinajstić information content (AvgIpc) is 2.55. The Kier molecular flexibility index (Phi) is 4.70. The van der Waals surface area contributed by atoms with E-state index in [2.05, 4.69) is 15.9 Å². The number of rotatable bonds is 3. The Morgan fingerprint density at radius 3 is 2.13 bits per heavy atom. The Morgan fingerprint density at radius 2 is 1.57 bits per heavy atom. The van der Waals surface area contributed by atoms with Crippen molar-refractivity contribution in [2.24, 2.45) is 0 Å². The van der Waals surface area contributed by atoms with Gasteiger partial charge >= 0.3 is 0 Å². The lowest BCUT2D eigenvalue weighted by Crippen LogP contribution is -2.31. The van der Waals surface area contributed by atoms with Crippen molar-refractivity contribution < 1.29 is 5.11 Å². The predicted octanol–water partition coefficient (Wildman–Crippen LogP) is 5.75. The van der Waals surface area contributed by atoms with Crippen molar-refractivity contribution >= 4 is 39.1 Å². The van der Waals surface area contributed by atoms with Crippen molar-refractivity contribution in [3.63, 3.8) is 0 Å². The molecule has 1 N–H and O–H groups in total. The smallest absolute Gasteiger partial charge is 0.140 e. The van der Waals surface area contributed by atoms with Gasteiger partial charge in [-0.15, -0.1) is 0 Å². The summed E-state index contributed by atoms with van der Waals surface area (Å²) < 4.78 is 0.0474. The number of hydrogen-bond acceptors (Lipinski definition) is 1. The molecule has 1 aliphatic rings. The minimum atomic E-state index is -1.25. The zero-order valence-electron chi connectivity index (χ0n) is 12.2. The van der Waals surface area contributed by atoms with E-state index in [0.717, 1.165) is 21.2 Å². The Morgan fingerprint density at radius 1 is 0.957 bits per heavy atom. The second kappa shape index (κ2) is 6.45. The normalized spacial score (nSPS) is 19.0. The van der Waals surface area contributed by atoms with Crippen LogP contribution in [0, 0.1) is 0 Å². The van der Waals surface area contributed by atoms with E-state index in [-0.39, 0.29) is 0 Å². The standard InChI is InChI=1S/C19H15BrCl2O/c20-17-8-6-15(7-9-17)19(23,14-4-2-1-3-5-14)16-10-12-18(21,22)13-11-16/h1-12,23H,13H2. The molecule has 0 heterocycles. The van der Waals surface area contributed by atoms with Gasteiger partial charge in [0.2, 0.25) is 0 Å². The largest absolute Gasteiger partial charge is 0.376 e. The quantitative estimate of drug-likeness (QED) is 0.640. The summed E-state index contributed by atoms with van der Waals surface area (Å²) in [6, 6.07) is 17.3. The Hall–Kier alpha value is -1.06. The van der Waals surface area contributed by atoms with E-state index < -0.39 is 9.93 Å². The van der Waals surface area contributed by atoms with Gasteiger partial charge in [0.1, 0.15) is 9.93 Å². The third-order valence-corrected chi connectivity index (χ3v) is 5.06. The number of aliphatic hydroxyl groups is 1. The molecule has 0 saturated carbocycles. The molecule has 0 amide bonds. The van der Waals surface area contributed by atoms with Crippen LogP contribution in [0.25, 0.3) is 0 Å². The second-order valence-corrected chi connectivity index (χ2v) is 8.00. The van der Waals surface area contributed by atoms with E-state index in [9.17, 15) is 5.11 Å². The highest BCUT2D eigenvalue weighted by Gasteiger charge is 2.37. The van der Waals surface area contributed by atoms with Gasteiger partial charge in [0.05, 0.1) is 0 Å². The minimum absolute atomic E-state index is 0.452. The van der Waals surface area contributed by atoms with Crippen LogP contribution >= 0.6 is 39.1 Å². The fourth-order valence-electron chi connectivity index (χ4n) is 2.73. The van der Waals surface area contributed by atoms with Crippen LogP contribution in [0.15, 0.2) is 82.9 Å². The van der Waals surface area contributed by atoms with Crippen molar-refractivity contribution in [3.05, 3.63) is 94.0 Å². The van der Waals surface area contributed by atoms with Crippen molar-refractivity contribution in [3.8, 4) is 0 Å². The lowest BCUT2D eigenvalue weighted by Gasteiger charge is -2.33. The van der Waals surface area contributed by atoms with Gasteiger partial charge in [0.15, 0.2) is 0 Å². The third kappa shape index (κ3) is 3.41. The average molecular weight is 410 g/mol. The highest BCUT2D eigenvalue weighted by atomic mass is 79.9. The van der Waals surface area contributed by atoms with Crippen molar-refractivity contribution in [1.82, 2.24) is 0 Å². The summed E-state index contributed by atoms with van der Waals surface area (Å²) in [6.45, 7) is 0. The van der Waals surface area contributed by atoms with Gasteiger partial charge in [0.25, 0.3) is 0 Å². The summed E-state index contributed by atoms with van der Waals surface area (Å²) >= 11 is 15.7. The van der Waals surface area contributed by atoms with E-state index in [1.807, 2.05) is 60.7 Å². The molecule has 0 aliphatic heterocycles. The molecule has 0 bridgehead atoms. The van der Waals surface area contributed by atoms with Gasteiger partial charge in [-0.25, -0.2) is 0 Å². The first-order chi connectivity index (χ1) is 10.9. The molecule has 1 aliphatic carbocycles. The monoisotopic (exact) mass is 408 g/mol. The zero-order valence-corrected chi connectivity index (χ0v) is 15.3. The van der Waals surface area contributed by atoms with Crippen LogP contribution in [0.1, 0.15) is 17.5 Å². The maximum absolute atomic E-state index is 11.6. The van der Waals surface area contributed by atoms with Crippen LogP contribution < -0.4 is 0 Å². The molecule has 1 atom stereocenters. The number of alkyl halides is 2. The molecule has 23 heavy (non-hydrogen) atoms. The molecule has 2 aromatic rings. The highest BCUT2D eigenvalue weighted by molar-refractivity contribution is 9.10. The molecule has 0 aromatic heterocycles. The Bertz CT molecular complexity index is 751. The maximum atomic E-state index is 11.6. The molecule has 0 fully saturated rings. The third-order valence-electron chi connectivity index (χ3n) is 3.97. The fraction of sp³-hybridized carbons (Fsp3) is 0.158. The lowest BCUT2D eigenvalue weighted by molar-refractivity contribution is 0.124. The molecule has 1 nitrogen and oxygen atoms in total. The van der Waals surface area contributed by atoms with E-state index in [0.29, 0.717) is 6.42 Å². The first kappa shape index (κ1) is 16.8. The van der Waals surface area contributed by atoms with Gasteiger partial charge in [-0.3, -0.25) is 0 Å². The van der Waals surface area contributed by atoms with Gasteiger partial charge in [0, 0.05) is 10.9 Å². The topological polar surface area (TPSA) is 20.2 Å². The second-order valence-electron chi connectivity index (χ2n) is 5.54. The molecule has 0 spiro atoms. The van der Waals surface area contributed by atoms with Crippen LogP contribution in [0.2, 0.25) is 0 Å². The van der Waals surface area contributed by atoms with Crippen LogP contribution in [-0.2, 0) is 5.60 Å². The van der Waals surface area contributed by atoms with Crippen LogP contribution in [0.4, 0.5) is 0 Å². The molecule has 0 saturated heterocycles.